The van der Waals surface area contributed by atoms with Crippen molar-refractivity contribution >= 4 is 34.7 Å². The summed E-state index contributed by atoms with van der Waals surface area (Å²) in [6.07, 6.45) is 0. The van der Waals surface area contributed by atoms with Gasteiger partial charge in [-0.15, -0.1) is 0 Å². The minimum absolute atomic E-state index is 0.0698. The van der Waals surface area contributed by atoms with Crippen LogP contribution in [0.15, 0.2) is 48.2 Å². The van der Waals surface area contributed by atoms with E-state index in [4.69, 9.17) is 21.1 Å². The van der Waals surface area contributed by atoms with Crippen molar-refractivity contribution in [3.05, 3.63) is 58.8 Å². The van der Waals surface area contributed by atoms with Crippen LogP contribution in [-0.2, 0) is 9.59 Å². The highest BCUT2D eigenvalue weighted by molar-refractivity contribution is 6.45. The van der Waals surface area contributed by atoms with Crippen LogP contribution in [0.5, 0.6) is 11.5 Å². The summed E-state index contributed by atoms with van der Waals surface area (Å²) in [6, 6.07) is 11.0. The molecule has 1 heterocycles. The molecule has 2 amide bonds. The number of benzene rings is 2. The number of carbonyl (C=O) groups excluding carboxylic acids is 2. The Bertz CT molecular complexity index is 889. The number of hydrogen-bond donors (Lipinski definition) is 1. The second kappa shape index (κ2) is 6.49. The smallest absolute Gasteiger partial charge is 0.301 e. The minimum Gasteiger partial charge on any atom is -0.502 e. The zero-order chi connectivity index (χ0) is 18.1. The molecule has 0 saturated carbocycles. The fourth-order valence-corrected chi connectivity index (χ4v) is 2.82. The van der Waals surface area contributed by atoms with E-state index in [2.05, 4.69) is 0 Å². The van der Waals surface area contributed by atoms with Crippen LogP contribution in [0.3, 0.4) is 0 Å². The lowest BCUT2D eigenvalue weighted by Gasteiger charge is -2.15. The Balaban J connectivity index is 1.99. The number of aliphatic hydroxyl groups excluding tert-OH is 1. The molecule has 0 unspecified atom stereocenters. The topological polar surface area (TPSA) is 76.1 Å². The van der Waals surface area contributed by atoms with E-state index in [1.165, 1.54) is 26.4 Å². The normalized spacial score (nSPS) is 14.3. The van der Waals surface area contributed by atoms with Crippen LogP contribution in [-0.4, -0.2) is 31.1 Å². The number of halogens is 1. The van der Waals surface area contributed by atoms with Gasteiger partial charge in [-0.2, -0.15) is 0 Å². The molecule has 0 fully saturated rings. The molecule has 0 saturated heterocycles. The van der Waals surface area contributed by atoms with Crippen LogP contribution in [0, 0.1) is 0 Å². The van der Waals surface area contributed by atoms with Gasteiger partial charge in [0.2, 0.25) is 0 Å². The zero-order valence-corrected chi connectivity index (χ0v) is 14.2. The lowest BCUT2D eigenvalue weighted by molar-refractivity contribution is -0.121. The quantitative estimate of drug-likeness (QED) is 0.848. The van der Waals surface area contributed by atoms with Crippen molar-refractivity contribution in [2.75, 3.05) is 19.1 Å². The molecule has 128 valence electrons. The number of carbonyl (C=O) groups is 2. The van der Waals surface area contributed by atoms with Gasteiger partial charge in [0.1, 0.15) is 11.5 Å². The molecule has 0 aliphatic carbocycles. The SMILES string of the molecule is COc1ccc(C2=C(O)C(=O)N(c3ccc(OC)c(Cl)c3)C2=O)cc1. The fourth-order valence-electron chi connectivity index (χ4n) is 2.56. The molecule has 0 radical (unpaired) electrons. The van der Waals surface area contributed by atoms with E-state index < -0.39 is 17.6 Å². The molecule has 0 aromatic heterocycles. The van der Waals surface area contributed by atoms with Gasteiger partial charge in [-0.1, -0.05) is 23.7 Å². The highest BCUT2D eigenvalue weighted by Gasteiger charge is 2.40. The molecule has 0 bridgehead atoms. The summed E-state index contributed by atoms with van der Waals surface area (Å²) >= 11 is 6.06. The molecular formula is C18H14ClNO5. The first kappa shape index (κ1) is 16.9. The molecule has 1 aliphatic heterocycles. The third-order valence-electron chi connectivity index (χ3n) is 3.83. The van der Waals surface area contributed by atoms with Crippen LogP contribution in [0.25, 0.3) is 5.57 Å². The first-order chi connectivity index (χ1) is 12.0. The summed E-state index contributed by atoms with van der Waals surface area (Å²) in [5.74, 6) is -1.04. The second-order valence-electron chi connectivity index (χ2n) is 5.22. The predicted octanol–water partition coefficient (Wildman–Crippen LogP) is 3.20. The average molecular weight is 360 g/mol. The van der Waals surface area contributed by atoms with E-state index in [1.54, 1.807) is 30.3 Å². The van der Waals surface area contributed by atoms with E-state index in [0.717, 1.165) is 4.90 Å². The third-order valence-corrected chi connectivity index (χ3v) is 4.13. The van der Waals surface area contributed by atoms with E-state index in [1.807, 2.05) is 0 Å². The standard InChI is InChI=1S/C18H14ClNO5/c1-24-12-6-3-10(4-7-12)15-16(21)18(23)20(17(15)22)11-5-8-14(25-2)13(19)9-11/h3-9,21H,1-2H3. The number of hydrogen-bond acceptors (Lipinski definition) is 5. The molecule has 0 atom stereocenters. The largest absolute Gasteiger partial charge is 0.502 e. The Labute approximate surface area is 148 Å². The van der Waals surface area contributed by atoms with E-state index >= 15 is 0 Å². The van der Waals surface area contributed by atoms with E-state index in [9.17, 15) is 14.7 Å². The molecule has 2 aromatic carbocycles. The third kappa shape index (κ3) is 2.81. The minimum atomic E-state index is -0.808. The highest BCUT2D eigenvalue weighted by Crippen LogP contribution is 2.35. The number of nitrogens with zero attached hydrogens (tertiary/aromatic N) is 1. The van der Waals surface area contributed by atoms with Gasteiger partial charge in [-0.3, -0.25) is 9.59 Å². The molecule has 3 rings (SSSR count). The lowest BCUT2D eigenvalue weighted by Crippen LogP contribution is -2.31. The number of imide groups is 1. The number of ether oxygens (including phenoxy) is 2. The van der Waals surface area contributed by atoms with Crippen molar-refractivity contribution in [3.8, 4) is 11.5 Å². The predicted molar refractivity (Wildman–Crippen MR) is 93.0 cm³/mol. The number of aliphatic hydroxyl groups is 1. The molecule has 7 heteroatoms. The maximum atomic E-state index is 12.7. The van der Waals surface area contributed by atoms with Crippen LogP contribution in [0.1, 0.15) is 5.56 Å². The molecular weight excluding hydrogens is 346 g/mol. The molecule has 1 aliphatic rings. The molecule has 2 aromatic rings. The molecule has 0 spiro atoms. The van der Waals surface area contributed by atoms with Crippen LogP contribution in [0.4, 0.5) is 5.69 Å². The van der Waals surface area contributed by atoms with Crippen molar-refractivity contribution < 1.29 is 24.2 Å². The summed E-state index contributed by atoms with van der Waals surface area (Å²) in [4.78, 5) is 26.0. The number of anilines is 1. The van der Waals surface area contributed by atoms with Crippen LogP contribution < -0.4 is 14.4 Å². The lowest BCUT2D eigenvalue weighted by atomic mass is 10.1. The zero-order valence-electron chi connectivity index (χ0n) is 13.4. The Kier molecular flexibility index (Phi) is 4.37. The van der Waals surface area contributed by atoms with Gasteiger partial charge in [0.15, 0.2) is 5.76 Å². The first-order valence-corrected chi connectivity index (χ1v) is 7.65. The summed E-state index contributed by atoms with van der Waals surface area (Å²) in [5, 5.41) is 10.4. The van der Waals surface area contributed by atoms with E-state index in [-0.39, 0.29) is 16.3 Å². The monoisotopic (exact) mass is 359 g/mol. The second-order valence-corrected chi connectivity index (χ2v) is 5.62. The van der Waals surface area contributed by atoms with Gasteiger partial charge in [0.05, 0.1) is 30.5 Å². The van der Waals surface area contributed by atoms with Crippen molar-refractivity contribution in [1.29, 1.82) is 0 Å². The average Bonchev–Trinajstić information content (AvgIpc) is 2.84. The van der Waals surface area contributed by atoms with Gasteiger partial charge < -0.3 is 14.6 Å². The van der Waals surface area contributed by atoms with Crippen LogP contribution >= 0.6 is 11.6 Å². The first-order valence-electron chi connectivity index (χ1n) is 7.28. The van der Waals surface area contributed by atoms with Crippen molar-refractivity contribution in [3.63, 3.8) is 0 Å². The number of amides is 2. The van der Waals surface area contributed by atoms with Crippen molar-refractivity contribution in [2.24, 2.45) is 0 Å². The highest BCUT2D eigenvalue weighted by atomic mass is 35.5. The molecule has 1 N–H and O–H groups in total. The molecule has 25 heavy (non-hydrogen) atoms. The number of methoxy groups -OCH3 is 2. The Hall–Kier alpha value is -2.99. The Morgan fingerprint density at radius 2 is 1.64 bits per heavy atom. The maximum Gasteiger partial charge on any atom is 0.301 e. The van der Waals surface area contributed by atoms with E-state index in [0.29, 0.717) is 17.1 Å². The Morgan fingerprint density at radius 1 is 0.960 bits per heavy atom. The number of rotatable bonds is 4. The van der Waals surface area contributed by atoms with Gasteiger partial charge in [0.25, 0.3) is 5.91 Å². The summed E-state index contributed by atoms with van der Waals surface area (Å²) in [6.45, 7) is 0. The van der Waals surface area contributed by atoms with Gasteiger partial charge >= 0.3 is 5.91 Å². The summed E-state index contributed by atoms with van der Waals surface area (Å²) in [7, 11) is 2.98. The van der Waals surface area contributed by atoms with Crippen molar-refractivity contribution in [2.45, 2.75) is 0 Å². The summed E-state index contributed by atoms with van der Waals surface area (Å²) in [5.41, 5.74) is 0.592. The summed E-state index contributed by atoms with van der Waals surface area (Å²) < 4.78 is 10.1. The Morgan fingerprint density at radius 3 is 2.20 bits per heavy atom. The van der Waals surface area contributed by atoms with Gasteiger partial charge in [-0.25, -0.2) is 4.90 Å². The molecule has 6 nitrogen and oxygen atoms in total. The van der Waals surface area contributed by atoms with Crippen LogP contribution in [0.2, 0.25) is 5.02 Å². The fraction of sp³-hybridized carbons (Fsp3) is 0.111. The van der Waals surface area contributed by atoms with Crippen molar-refractivity contribution in [1.82, 2.24) is 0 Å². The maximum absolute atomic E-state index is 12.7. The van der Waals surface area contributed by atoms with Gasteiger partial charge in [0, 0.05) is 0 Å². The van der Waals surface area contributed by atoms with Gasteiger partial charge in [-0.05, 0) is 35.9 Å².